The summed E-state index contributed by atoms with van der Waals surface area (Å²) in [5.41, 5.74) is 0.194. The molecule has 0 aromatic heterocycles. The van der Waals surface area contributed by atoms with Gasteiger partial charge in [0.25, 0.3) is 5.91 Å². The summed E-state index contributed by atoms with van der Waals surface area (Å²) in [6.45, 7) is 0.139. The third-order valence-electron chi connectivity index (χ3n) is 1.82. The third-order valence-corrected chi connectivity index (χ3v) is 1.82. The van der Waals surface area contributed by atoms with Crippen LogP contribution in [0, 0.1) is 12.7 Å². The molecule has 0 bridgehead atoms. The Hall–Kier alpha value is -1.59. The van der Waals surface area contributed by atoms with Gasteiger partial charge in [-0.05, 0) is 24.6 Å². The van der Waals surface area contributed by atoms with Crippen molar-refractivity contribution in [1.29, 1.82) is 0 Å². The van der Waals surface area contributed by atoms with Crippen molar-refractivity contribution >= 4 is 5.91 Å². The number of benzene rings is 1. The lowest BCUT2D eigenvalue weighted by molar-refractivity contribution is -0.123. The van der Waals surface area contributed by atoms with Crippen LogP contribution in [0.1, 0.15) is 15.9 Å². The molecule has 1 N–H and O–H groups in total. The highest BCUT2D eigenvalue weighted by molar-refractivity contribution is 5.94. The maximum absolute atomic E-state index is 13.2. The zero-order valence-electron chi connectivity index (χ0n) is 8.36. The van der Waals surface area contributed by atoms with Crippen LogP contribution in [0.25, 0.3) is 0 Å². The fourth-order valence-electron chi connectivity index (χ4n) is 1.08. The van der Waals surface area contributed by atoms with Crippen molar-refractivity contribution in [1.82, 2.24) is 5.32 Å². The zero-order chi connectivity index (χ0) is 12.3. The van der Waals surface area contributed by atoms with Gasteiger partial charge in [-0.15, -0.1) is 0 Å². The van der Waals surface area contributed by atoms with Crippen molar-refractivity contribution in [2.45, 2.75) is 13.1 Å². The molecule has 0 saturated heterocycles. The molecule has 1 rings (SSSR count). The Morgan fingerprint density at radius 3 is 2.50 bits per heavy atom. The first kappa shape index (κ1) is 12.5. The van der Waals surface area contributed by atoms with Gasteiger partial charge in [-0.25, -0.2) is 4.39 Å². The lowest BCUT2D eigenvalue weighted by Gasteiger charge is -2.09. The molecule has 1 aromatic rings. The summed E-state index contributed by atoms with van der Waals surface area (Å²) in [7, 11) is 0. The van der Waals surface area contributed by atoms with E-state index in [1.54, 1.807) is 12.2 Å². The molecule has 88 valence electrons. The average molecular weight is 235 g/mol. The van der Waals surface area contributed by atoms with Crippen LogP contribution in [-0.2, 0) is 0 Å². The summed E-state index contributed by atoms with van der Waals surface area (Å²) in [6.07, 6.45) is -4.50. The average Bonchev–Trinajstić information content (AvgIpc) is 2.13. The number of nitrogens with one attached hydrogen (secondary N) is 1. The molecule has 2 nitrogen and oxygen atoms in total. The van der Waals surface area contributed by atoms with Crippen molar-refractivity contribution in [3.63, 3.8) is 0 Å². The van der Waals surface area contributed by atoms with E-state index in [-0.39, 0.29) is 0 Å². The number of hydrogen-bond donors (Lipinski definition) is 1. The molecule has 0 aliphatic rings. The minimum absolute atomic E-state index is 0.394. The third kappa shape index (κ3) is 3.52. The standard InChI is InChI=1S/C10H9F4NO/c1-6-2-3-7(8(11)4-6)9(16)15-5-10(12,13)14/h2-4H,5H2,1H3,(H,15,16). The van der Waals surface area contributed by atoms with E-state index in [0.717, 1.165) is 12.1 Å². The second-order valence-corrected chi connectivity index (χ2v) is 3.28. The van der Waals surface area contributed by atoms with Gasteiger partial charge in [0.2, 0.25) is 0 Å². The van der Waals surface area contributed by atoms with Gasteiger partial charge in [-0.2, -0.15) is 13.2 Å². The van der Waals surface area contributed by atoms with Gasteiger partial charge in [-0.3, -0.25) is 4.79 Å². The van der Waals surface area contributed by atoms with E-state index in [1.165, 1.54) is 6.07 Å². The summed E-state index contributed by atoms with van der Waals surface area (Å²) < 4.78 is 48.5. The fourth-order valence-corrected chi connectivity index (χ4v) is 1.08. The normalized spacial score (nSPS) is 11.3. The smallest absolute Gasteiger partial charge is 0.343 e. The lowest BCUT2D eigenvalue weighted by Crippen LogP contribution is -2.34. The van der Waals surface area contributed by atoms with Gasteiger partial charge in [0.15, 0.2) is 0 Å². The molecule has 1 aromatic carbocycles. The highest BCUT2D eigenvalue weighted by atomic mass is 19.4. The second-order valence-electron chi connectivity index (χ2n) is 3.28. The molecule has 1 amide bonds. The predicted octanol–water partition coefficient (Wildman–Crippen LogP) is 2.43. The Labute approximate surface area is 89.3 Å². The molecule has 16 heavy (non-hydrogen) atoms. The van der Waals surface area contributed by atoms with Crippen LogP contribution < -0.4 is 5.32 Å². The first-order valence-corrected chi connectivity index (χ1v) is 4.41. The van der Waals surface area contributed by atoms with E-state index >= 15 is 0 Å². The molecule has 0 aliphatic heterocycles. The fraction of sp³-hybridized carbons (Fsp3) is 0.300. The number of carbonyl (C=O) groups is 1. The van der Waals surface area contributed by atoms with Crippen LogP contribution in [0.3, 0.4) is 0 Å². The van der Waals surface area contributed by atoms with E-state index in [0.29, 0.717) is 5.56 Å². The highest BCUT2D eigenvalue weighted by Crippen LogP contribution is 2.14. The topological polar surface area (TPSA) is 29.1 Å². The SMILES string of the molecule is Cc1ccc(C(=O)NCC(F)(F)F)c(F)c1. The monoisotopic (exact) mass is 235 g/mol. The van der Waals surface area contributed by atoms with Crippen molar-refractivity contribution in [3.8, 4) is 0 Å². The maximum Gasteiger partial charge on any atom is 0.405 e. The second kappa shape index (κ2) is 4.51. The van der Waals surface area contributed by atoms with E-state index in [2.05, 4.69) is 0 Å². The number of aryl methyl sites for hydroxylation is 1. The number of amides is 1. The minimum Gasteiger partial charge on any atom is -0.343 e. The molecule has 0 fully saturated rings. The van der Waals surface area contributed by atoms with Gasteiger partial charge in [0, 0.05) is 0 Å². The van der Waals surface area contributed by atoms with Crippen molar-refractivity contribution in [2.75, 3.05) is 6.54 Å². The first-order chi connectivity index (χ1) is 7.29. The van der Waals surface area contributed by atoms with E-state index < -0.39 is 30.0 Å². The maximum atomic E-state index is 13.2. The van der Waals surface area contributed by atoms with Gasteiger partial charge in [-0.1, -0.05) is 6.07 Å². The van der Waals surface area contributed by atoms with E-state index in [1.807, 2.05) is 0 Å². The summed E-state index contributed by atoms with van der Waals surface area (Å²) in [6, 6.07) is 3.68. The molecular formula is C10H9F4NO. The Bertz CT molecular complexity index is 400. The Morgan fingerprint density at radius 2 is 2.00 bits per heavy atom. The largest absolute Gasteiger partial charge is 0.405 e. The van der Waals surface area contributed by atoms with E-state index in [9.17, 15) is 22.4 Å². The zero-order valence-corrected chi connectivity index (χ0v) is 8.36. The first-order valence-electron chi connectivity index (χ1n) is 4.41. The Morgan fingerprint density at radius 1 is 1.38 bits per heavy atom. The molecular weight excluding hydrogens is 226 g/mol. The number of rotatable bonds is 2. The van der Waals surface area contributed by atoms with Crippen LogP contribution in [0.15, 0.2) is 18.2 Å². The minimum atomic E-state index is -4.50. The Kier molecular flexibility index (Phi) is 3.51. The molecule has 0 unspecified atom stereocenters. The van der Waals surface area contributed by atoms with Crippen molar-refractivity contribution in [3.05, 3.63) is 35.1 Å². The quantitative estimate of drug-likeness (QED) is 0.783. The van der Waals surface area contributed by atoms with Gasteiger partial charge in [0.05, 0.1) is 5.56 Å². The van der Waals surface area contributed by atoms with Gasteiger partial charge >= 0.3 is 6.18 Å². The molecule has 6 heteroatoms. The molecule has 0 aliphatic carbocycles. The number of hydrogen-bond acceptors (Lipinski definition) is 1. The highest BCUT2D eigenvalue weighted by Gasteiger charge is 2.28. The predicted molar refractivity (Wildman–Crippen MR) is 49.5 cm³/mol. The number of carbonyl (C=O) groups excluding carboxylic acids is 1. The number of alkyl halides is 3. The molecule has 0 atom stereocenters. The van der Waals surface area contributed by atoms with Crippen molar-refractivity contribution in [2.24, 2.45) is 0 Å². The molecule has 0 saturated carbocycles. The van der Waals surface area contributed by atoms with Gasteiger partial charge < -0.3 is 5.32 Å². The Balaban J connectivity index is 2.74. The summed E-state index contributed by atoms with van der Waals surface area (Å²) in [5, 5.41) is 1.60. The summed E-state index contributed by atoms with van der Waals surface area (Å²) in [5.74, 6) is -1.91. The van der Waals surface area contributed by atoms with Crippen LogP contribution in [0.4, 0.5) is 17.6 Å². The molecule has 0 heterocycles. The van der Waals surface area contributed by atoms with E-state index in [4.69, 9.17) is 0 Å². The van der Waals surface area contributed by atoms with Crippen LogP contribution in [0.2, 0.25) is 0 Å². The van der Waals surface area contributed by atoms with Crippen molar-refractivity contribution < 1.29 is 22.4 Å². The van der Waals surface area contributed by atoms with Crippen LogP contribution >= 0.6 is 0 Å². The number of halogens is 4. The summed E-state index contributed by atoms with van der Waals surface area (Å²) in [4.78, 5) is 11.2. The van der Waals surface area contributed by atoms with Crippen LogP contribution in [0.5, 0.6) is 0 Å². The van der Waals surface area contributed by atoms with Crippen LogP contribution in [-0.4, -0.2) is 18.6 Å². The van der Waals surface area contributed by atoms with Gasteiger partial charge in [0.1, 0.15) is 12.4 Å². The molecule has 0 spiro atoms. The lowest BCUT2D eigenvalue weighted by atomic mass is 10.1. The molecule has 0 radical (unpaired) electrons. The summed E-state index contributed by atoms with van der Waals surface area (Å²) >= 11 is 0.